The molecule has 0 spiro atoms. The highest BCUT2D eigenvalue weighted by atomic mass is 16.5. The Hall–Kier alpha value is -3.72. The number of aromatic nitrogens is 3. The summed E-state index contributed by atoms with van der Waals surface area (Å²) >= 11 is 0. The zero-order valence-electron chi connectivity index (χ0n) is 23.8. The van der Waals surface area contributed by atoms with Crippen LogP contribution in [0, 0.1) is 6.92 Å². The highest BCUT2D eigenvalue weighted by Gasteiger charge is 2.29. The van der Waals surface area contributed by atoms with Crippen LogP contribution in [0.1, 0.15) is 68.0 Å². The van der Waals surface area contributed by atoms with Gasteiger partial charge in [-0.1, -0.05) is 12.6 Å². The summed E-state index contributed by atoms with van der Waals surface area (Å²) in [6.45, 7) is 13.2. The van der Waals surface area contributed by atoms with Gasteiger partial charge in [0.2, 0.25) is 11.9 Å². The van der Waals surface area contributed by atoms with Crippen LogP contribution in [-0.2, 0) is 4.79 Å². The van der Waals surface area contributed by atoms with Crippen LogP contribution in [0.2, 0.25) is 0 Å². The average Bonchev–Trinajstić information content (AvgIpc) is 3.14. The number of rotatable bonds is 7. The number of hydrogen-bond acceptors (Lipinski definition) is 6. The molecule has 0 saturated carbocycles. The van der Waals surface area contributed by atoms with Crippen LogP contribution in [0.25, 0.3) is 11.0 Å². The Balaban J connectivity index is 1.53. The number of para-hydroxylation sites is 1. The third-order valence-electron chi connectivity index (χ3n) is 8.06. The van der Waals surface area contributed by atoms with Gasteiger partial charge in [0.25, 0.3) is 5.91 Å². The average molecular weight is 545 g/mol. The van der Waals surface area contributed by atoms with Gasteiger partial charge in [-0.15, -0.1) is 0 Å². The second kappa shape index (κ2) is 12.2. The van der Waals surface area contributed by atoms with Crippen LogP contribution in [0.15, 0.2) is 49.2 Å². The van der Waals surface area contributed by atoms with E-state index >= 15 is 0 Å². The maximum Gasteiger partial charge on any atom is 0.258 e. The quantitative estimate of drug-likeness (QED) is 0.422. The molecule has 2 saturated heterocycles. The van der Waals surface area contributed by atoms with Crippen LogP contribution >= 0.6 is 0 Å². The molecule has 0 radical (unpaired) electrons. The predicted molar refractivity (Wildman–Crippen MR) is 157 cm³/mol. The van der Waals surface area contributed by atoms with Gasteiger partial charge in [0, 0.05) is 49.7 Å². The van der Waals surface area contributed by atoms with E-state index in [1.54, 1.807) is 18.3 Å². The summed E-state index contributed by atoms with van der Waals surface area (Å²) in [5, 5.41) is 3.07. The summed E-state index contributed by atoms with van der Waals surface area (Å²) in [6.07, 6.45) is 7.75. The van der Waals surface area contributed by atoms with E-state index in [0.717, 1.165) is 67.7 Å². The highest BCUT2D eigenvalue weighted by Crippen LogP contribution is 2.36. The maximum absolute atomic E-state index is 13.3. The third kappa shape index (κ3) is 6.04. The Morgan fingerprint density at radius 3 is 2.65 bits per heavy atom. The van der Waals surface area contributed by atoms with E-state index in [0.29, 0.717) is 30.6 Å². The van der Waals surface area contributed by atoms with Gasteiger partial charge in [-0.2, -0.15) is 0 Å². The minimum absolute atomic E-state index is 0.0810. The molecule has 4 heterocycles. The van der Waals surface area contributed by atoms with Gasteiger partial charge in [-0.3, -0.25) is 19.9 Å². The lowest BCUT2D eigenvalue weighted by Crippen LogP contribution is -2.41. The first-order valence-corrected chi connectivity index (χ1v) is 14.4. The lowest BCUT2D eigenvalue weighted by atomic mass is 10.1. The van der Waals surface area contributed by atoms with Crippen molar-refractivity contribution in [3.63, 3.8) is 0 Å². The summed E-state index contributed by atoms with van der Waals surface area (Å²) in [5.74, 6) is 0.887. The number of likely N-dealkylation sites (tertiary alicyclic amines) is 2. The van der Waals surface area contributed by atoms with Gasteiger partial charge in [-0.05, 0) is 83.2 Å². The van der Waals surface area contributed by atoms with Crippen molar-refractivity contribution in [3.05, 3.63) is 60.4 Å². The van der Waals surface area contributed by atoms with Crippen LogP contribution in [0.4, 0.5) is 5.95 Å². The Morgan fingerprint density at radius 2 is 1.93 bits per heavy atom. The van der Waals surface area contributed by atoms with Gasteiger partial charge >= 0.3 is 0 Å². The normalized spacial score (nSPS) is 19.0. The molecule has 0 bridgehead atoms. The number of fused-ring (bicyclic) bond motifs is 1. The topological polar surface area (TPSA) is 92.6 Å². The molecule has 9 heteroatoms. The predicted octanol–water partition coefficient (Wildman–Crippen LogP) is 4.98. The maximum atomic E-state index is 13.3. The van der Waals surface area contributed by atoms with E-state index in [9.17, 15) is 9.59 Å². The van der Waals surface area contributed by atoms with Gasteiger partial charge in [-0.25, -0.2) is 4.98 Å². The van der Waals surface area contributed by atoms with Crippen molar-refractivity contribution >= 4 is 28.8 Å². The number of ether oxygens (including phenoxy) is 1. The van der Waals surface area contributed by atoms with E-state index in [-0.39, 0.29) is 24.0 Å². The van der Waals surface area contributed by atoms with Crippen molar-refractivity contribution in [2.24, 2.45) is 0 Å². The second-order valence-corrected chi connectivity index (χ2v) is 11.2. The fraction of sp³-hybridized carbons (Fsp3) is 0.484. The number of carbonyl (C=O) groups is 2. The molecule has 1 N–H and O–H groups in total. The van der Waals surface area contributed by atoms with Gasteiger partial charge in [0.15, 0.2) is 0 Å². The summed E-state index contributed by atoms with van der Waals surface area (Å²) < 4.78 is 8.76. The summed E-state index contributed by atoms with van der Waals surface area (Å²) in [5.41, 5.74) is 2.89. The number of anilines is 1. The van der Waals surface area contributed by atoms with Gasteiger partial charge < -0.3 is 19.1 Å². The minimum Gasteiger partial charge on any atom is -0.488 e. The number of nitrogens with zero attached hydrogens (tertiary/aromatic N) is 5. The van der Waals surface area contributed by atoms with E-state index in [1.807, 2.05) is 30.0 Å². The summed E-state index contributed by atoms with van der Waals surface area (Å²) in [4.78, 5) is 39.4. The lowest BCUT2D eigenvalue weighted by molar-refractivity contribution is -0.126. The van der Waals surface area contributed by atoms with E-state index in [4.69, 9.17) is 9.72 Å². The Bertz CT molecular complexity index is 1370. The fourth-order valence-electron chi connectivity index (χ4n) is 5.87. The van der Waals surface area contributed by atoms with Crippen LogP contribution in [-0.4, -0.2) is 74.5 Å². The van der Waals surface area contributed by atoms with Crippen LogP contribution < -0.4 is 10.1 Å². The standard InChI is InChI=1S/C31H40N6O3/c1-5-28(38)36-16-7-6-9-24(20-36)37-29-26(33-31(37)34-30(39)23-12-15-32-22(4)19-23)10-8-11-27(29)40-25-13-17-35(18-14-25)21(2)3/h5,8,10-12,15,19,21,24-25H,1,6-7,9,13-14,16-18,20H2,2-4H3,(H,33,34,39). The molecule has 1 unspecified atom stereocenters. The molecule has 1 atom stereocenters. The van der Waals surface area contributed by atoms with E-state index in [1.165, 1.54) is 6.08 Å². The molecule has 2 fully saturated rings. The Kier molecular flexibility index (Phi) is 8.49. The Morgan fingerprint density at radius 1 is 1.12 bits per heavy atom. The van der Waals surface area contributed by atoms with Crippen LogP contribution in [0.5, 0.6) is 5.75 Å². The molecule has 2 aromatic heterocycles. The first-order valence-electron chi connectivity index (χ1n) is 14.4. The molecule has 3 aromatic rings. The number of imidazole rings is 1. The largest absolute Gasteiger partial charge is 0.488 e. The van der Waals surface area contributed by atoms with Crippen molar-refractivity contribution in [2.75, 3.05) is 31.5 Å². The Labute approximate surface area is 236 Å². The molecule has 212 valence electrons. The van der Waals surface area contributed by atoms with E-state index in [2.05, 4.69) is 40.2 Å². The minimum atomic E-state index is -0.252. The molecule has 0 aliphatic carbocycles. The number of carbonyl (C=O) groups excluding carboxylic acids is 2. The zero-order chi connectivity index (χ0) is 28.2. The smallest absolute Gasteiger partial charge is 0.258 e. The SMILES string of the molecule is C=CC(=O)N1CCCCC(n2c(NC(=O)c3ccnc(C)c3)nc3cccc(OC4CCN(C(C)C)CC4)c32)C1. The number of benzene rings is 1. The van der Waals surface area contributed by atoms with Crippen molar-refractivity contribution < 1.29 is 14.3 Å². The number of hydrogen-bond donors (Lipinski definition) is 1. The van der Waals surface area contributed by atoms with Gasteiger partial charge in [0.1, 0.15) is 17.4 Å². The summed E-state index contributed by atoms with van der Waals surface area (Å²) in [7, 11) is 0. The second-order valence-electron chi connectivity index (χ2n) is 11.2. The molecule has 2 amide bonds. The van der Waals surface area contributed by atoms with Gasteiger partial charge in [0.05, 0.1) is 11.6 Å². The monoisotopic (exact) mass is 544 g/mol. The number of pyridine rings is 1. The molecular formula is C31H40N6O3. The van der Waals surface area contributed by atoms with Crippen molar-refractivity contribution in [2.45, 2.75) is 71.1 Å². The number of amides is 2. The van der Waals surface area contributed by atoms with Crippen molar-refractivity contribution in [3.8, 4) is 5.75 Å². The molecule has 5 rings (SSSR count). The van der Waals surface area contributed by atoms with Crippen LogP contribution in [0.3, 0.4) is 0 Å². The third-order valence-corrected chi connectivity index (χ3v) is 8.06. The molecule has 1 aromatic carbocycles. The highest BCUT2D eigenvalue weighted by molar-refractivity contribution is 6.04. The molecule has 9 nitrogen and oxygen atoms in total. The molecule has 40 heavy (non-hydrogen) atoms. The van der Waals surface area contributed by atoms with E-state index < -0.39 is 0 Å². The number of nitrogens with one attached hydrogen (secondary N) is 1. The lowest BCUT2D eigenvalue weighted by Gasteiger charge is -2.34. The molecule has 2 aliphatic heterocycles. The summed E-state index contributed by atoms with van der Waals surface area (Å²) in [6, 6.07) is 9.80. The number of piperidine rings is 1. The first-order chi connectivity index (χ1) is 19.3. The molecule has 2 aliphatic rings. The van der Waals surface area contributed by atoms with Crippen molar-refractivity contribution in [1.82, 2.24) is 24.3 Å². The fourth-order valence-corrected chi connectivity index (χ4v) is 5.87. The first kappa shape index (κ1) is 27.8. The molecular weight excluding hydrogens is 504 g/mol. The van der Waals surface area contributed by atoms with Crippen molar-refractivity contribution in [1.29, 1.82) is 0 Å². The zero-order valence-corrected chi connectivity index (χ0v) is 23.8. The number of aryl methyl sites for hydroxylation is 1.